The van der Waals surface area contributed by atoms with Gasteiger partial charge in [-0.25, -0.2) is 4.98 Å². The van der Waals surface area contributed by atoms with Gasteiger partial charge < -0.3 is 20.9 Å². The summed E-state index contributed by atoms with van der Waals surface area (Å²) < 4.78 is 7.65. The van der Waals surface area contributed by atoms with Crippen LogP contribution in [0.25, 0.3) is 22.2 Å². The lowest BCUT2D eigenvalue weighted by Gasteiger charge is -2.09. The van der Waals surface area contributed by atoms with Gasteiger partial charge in [-0.2, -0.15) is 5.10 Å². The molecule has 146 valence electrons. The molecule has 2 aromatic carbocycles. The number of rotatable bonds is 5. The van der Waals surface area contributed by atoms with E-state index in [4.69, 9.17) is 16.3 Å². The number of nitrogens with zero attached hydrogens (tertiary/aromatic N) is 3. The summed E-state index contributed by atoms with van der Waals surface area (Å²) in [5.41, 5.74) is 11.9. The fraction of sp³-hybridized carbons (Fsp3) is 0.130. The molecule has 4 aromatic rings. The summed E-state index contributed by atoms with van der Waals surface area (Å²) in [5, 5.41) is 4.73. The van der Waals surface area contributed by atoms with Crippen LogP contribution in [0.5, 0.6) is 5.75 Å². The molecule has 4 rings (SSSR count). The van der Waals surface area contributed by atoms with Crippen molar-refractivity contribution < 1.29 is 4.74 Å². The van der Waals surface area contributed by atoms with Gasteiger partial charge in [0.2, 0.25) is 0 Å². The predicted molar refractivity (Wildman–Crippen MR) is 117 cm³/mol. The van der Waals surface area contributed by atoms with E-state index in [1.165, 1.54) is 10.9 Å². The highest BCUT2D eigenvalue weighted by Gasteiger charge is 2.18. The average Bonchev–Trinajstić information content (AvgIpc) is 3.04. The van der Waals surface area contributed by atoms with Crippen LogP contribution >= 0.6 is 0 Å². The van der Waals surface area contributed by atoms with E-state index in [2.05, 4.69) is 58.1 Å². The zero-order valence-electron chi connectivity index (χ0n) is 16.5. The third-order valence-electron chi connectivity index (χ3n) is 5.13. The number of fused-ring (bicyclic) bond motifs is 1. The molecular weight excluding hydrogens is 362 g/mol. The molecule has 0 saturated carbocycles. The summed E-state index contributed by atoms with van der Waals surface area (Å²) in [6.45, 7) is 0. The van der Waals surface area contributed by atoms with Gasteiger partial charge in [0, 0.05) is 30.6 Å². The quantitative estimate of drug-likeness (QED) is 0.238. The molecule has 0 aliphatic carbocycles. The topological polar surface area (TPSA) is 91.4 Å². The number of methoxy groups -OCH3 is 1. The third kappa shape index (κ3) is 3.40. The predicted octanol–water partition coefficient (Wildman–Crippen LogP) is 3.42. The normalized spacial score (nSPS) is 11.7. The van der Waals surface area contributed by atoms with Gasteiger partial charge in [-0.1, -0.05) is 36.4 Å². The molecule has 0 bridgehead atoms. The van der Waals surface area contributed by atoms with Crippen LogP contribution in [0.4, 0.5) is 0 Å². The Hall–Kier alpha value is -3.80. The fourth-order valence-electron chi connectivity index (χ4n) is 3.73. The van der Waals surface area contributed by atoms with Gasteiger partial charge in [0.15, 0.2) is 5.84 Å². The van der Waals surface area contributed by atoms with E-state index in [1.54, 1.807) is 13.2 Å². The van der Waals surface area contributed by atoms with Crippen LogP contribution in [0.2, 0.25) is 0 Å². The van der Waals surface area contributed by atoms with E-state index in [1.807, 2.05) is 24.3 Å². The Labute approximate surface area is 169 Å². The van der Waals surface area contributed by atoms with E-state index in [-0.39, 0.29) is 5.84 Å². The molecule has 29 heavy (non-hydrogen) atoms. The minimum Gasteiger partial charge on any atom is -0.497 e. The maximum absolute atomic E-state index is 5.85. The number of benzene rings is 2. The summed E-state index contributed by atoms with van der Waals surface area (Å²) in [4.78, 5) is 4.65. The molecule has 2 aromatic heterocycles. The van der Waals surface area contributed by atoms with Crippen LogP contribution in [-0.2, 0) is 13.5 Å². The zero-order chi connectivity index (χ0) is 20.4. The van der Waals surface area contributed by atoms with Crippen molar-refractivity contribution >= 4 is 16.7 Å². The molecule has 4 N–H and O–H groups in total. The second-order valence-corrected chi connectivity index (χ2v) is 6.84. The van der Waals surface area contributed by atoms with Crippen molar-refractivity contribution in [3.63, 3.8) is 0 Å². The summed E-state index contributed by atoms with van der Waals surface area (Å²) in [6, 6.07) is 22.2. The molecule has 0 unspecified atom stereocenters. The van der Waals surface area contributed by atoms with Crippen molar-refractivity contribution in [1.82, 2.24) is 9.55 Å². The molecule has 0 amide bonds. The maximum Gasteiger partial charge on any atom is 0.168 e. The molecule has 0 saturated heterocycles. The molecule has 0 fully saturated rings. The minimum atomic E-state index is 0.220. The van der Waals surface area contributed by atoms with Crippen LogP contribution in [0.15, 0.2) is 71.8 Å². The fourth-order valence-corrected chi connectivity index (χ4v) is 3.73. The van der Waals surface area contributed by atoms with Crippen LogP contribution in [0.3, 0.4) is 0 Å². The van der Waals surface area contributed by atoms with Crippen molar-refractivity contribution in [2.24, 2.45) is 23.7 Å². The number of nitrogens with two attached hydrogens (primary N) is 2. The van der Waals surface area contributed by atoms with E-state index in [0.29, 0.717) is 12.1 Å². The summed E-state index contributed by atoms with van der Waals surface area (Å²) in [6.07, 6.45) is 0.652. The first-order valence-electron chi connectivity index (χ1n) is 9.32. The Kier molecular flexibility index (Phi) is 4.91. The number of aromatic nitrogens is 2. The van der Waals surface area contributed by atoms with Crippen molar-refractivity contribution in [1.29, 1.82) is 0 Å². The van der Waals surface area contributed by atoms with E-state index < -0.39 is 0 Å². The highest BCUT2D eigenvalue weighted by molar-refractivity contribution is 5.95. The maximum atomic E-state index is 5.85. The first-order chi connectivity index (χ1) is 14.1. The number of hydrazone groups is 1. The van der Waals surface area contributed by atoms with E-state index in [9.17, 15) is 0 Å². The van der Waals surface area contributed by atoms with E-state index in [0.717, 1.165) is 28.2 Å². The molecule has 0 atom stereocenters. The molecule has 0 spiro atoms. The Bertz CT molecular complexity index is 1190. The zero-order valence-corrected chi connectivity index (χ0v) is 16.5. The van der Waals surface area contributed by atoms with Gasteiger partial charge in [-0.3, -0.25) is 0 Å². The van der Waals surface area contributed by atoms with Crippen molar-refractivity contribution in [3.05, 3.63) is 83.7 Å². The number of amidine groups is 1. The van der Waals surface area contributed by atoms with Crippen LogP contribution in [0.1, 0.15) is 17.0 Å². The molecule has 6 nitrogen and oxygen atoms in total. The highest BCUT2D eigenvalue weighted by Crippen LogP contribution is 2.36. The van der Waals surface area contributed by atoms with Crippen molar-refractivity contribution in [3.8, 4) is 17.0 Å². The number of pyridine rings is 1. The largest absolute Gasteiger partial charge is 0.497 e. The average molecular weight is 385 g/mol. The van der Waals surface area contributed by atoms with Gasteiger partial charge in [0.25, 0.3) is 0 Å². The Morgan fingerprint density at radius 1 is 1.07 bits per heavy atom. The minimum absolute atomic E-state index is 0.220. The molecule has 6 heteroatoms. The lowest BCUT2D eigenvalue weighted by Crippen LogP contribution is -2.17. The number of hydrogen-bond donors (Lipinski definition) is 2. The van der Waals surface area contributed by atoms with Gasteiger partial charge in [0.1, 0.15) is 11.4 Å². The summed E-state index contributed by atoms with van der Waals surface area (Å²) in [7, 11) is 3.76. The Morgan fingerprint density at radius 2 is 1.86 bits per heavy atom. The lowest BCUT2D eigenvalue weighted by atomic mass is 10.0. The van der Waals surface area contributed by atoms with Gasteiger partial charge in [0.05, 0.1) is 18.3 Å². The smallest absolute Gasteiger partial charge is 0.168 e. The molecular formula is C23H23N5O. The monoisotopic (exact) mass is 385 g/mol. The Morgan fingerprint density at radius 3 is 2.59 bits per heavy atom. The van der Waals surface area contributed by atoms with E-state index >= 15 is 0 Å². The summed E-state index contributed by atoms with van der Waals surface area (Å²) in [5.74, 6) is 6.37. The van der Waals surface area contributed by atoms with Crippen molar-refractivity contribution in [2.45, 2.75) is 6.42 Å². The van der Waals surface area contributed by atoms with Crippen LogP contribution in [0, 0.1) is 0 Å². The van der Waals surface area contributed by atoms with Gasteiger partial charge in [-0.15, -0.1) is 0 Å². The highest BCUT2D eigenvalue weighted by atomic mass is 16.5. The number of ether oxygens (including phenoxy) is 1. The second kappa shape index (κ2) is 7.67. The first-order valence-corrected chi connectivity index (χ1v) is 9.32. The third-order valence-corrected chi connectivity index (χ3v) is 5.13. The van der Waals surface area contributed by atoms with Crippen LogP contribution in [-0.4, -0.2) is 22.5 Å². The molecule has 0 aliphatic rings. The van der Waals surface area contributed by atoms with Gasteiger partial charge in [-0.05, 0) is 35.4 Å². The first kappa shape index (κ1) is 18.6. The SMILES string of the molecule is COc1ccc2c(Cc3cccc(/C(N)=N/N)n3)c(-c3ccccc3)n(C)c2c1. The molecule has 0 aliphatic heterocycles. The number of aryl methyl sites for hydroxylation is 1. The lowest BCUT2D eigenvalue weighted by molar-refractivity contribution is 0.415. The second-order valence-electron chi connectivity index (χ2n) is 6.84. The Balaban J connectivity index is 1.91. The number of hydrogen-bond acceptors (Lipinski definition) is 4. The van der Waals surface area contributed by atoms with Gasteiger partial charge >= 0.3 is 0 Å². The molecule has 2 heterocycles. The summed E-state index contributed by atoms with van der Waals surface area (Å²) >= 11 is 0. The van der Waals surface area contributed by atoms with Crippen LogP contribution < -0.4 is 16.3 Å². The molecule has 0 radical (unpaired) electrons. The van der Waals surface area contributed by atoms with Crippen molar-refractivity contribution in [2.75, 3.05) is 7.11 Å². The standard InChI is InChI=1S/C23H23N5O/c1-28-21-14-17(29-2)11-12-18(21)19(22(28)15-7-4-3-5-8-15)13-16-9-6-10-20(26-16)23(24)27-25/h3-12,14H,13,25H2,1-2H3,(H2,24,27).